The Bertz CT molecular complexity index is 530. The van der Waals surface area contributed by atoms with Gasteiger partial charge in [0.25, 0.3) is 0 Å². The lowest BCUT2D eigenvalue weighted by Crippen LogP contribution is -2.40. The Labute approximate surface area is 131 Å². The third-order valence-electron chi connectivity index (χ3n) is 4.07. The lowest BCUT2D eigenvalue weighted by Gasteiger charge is -2.29. The Morgan fingerprint density at radius 1 is 1.32 bits per heavy atom. The van der Waals surface area contributed by atoms with E-state index in [4.69, 9.17) is 5.11 Å². The molecule has 5 heteroatoms. The van der Waals surface area contributed by atoms with Gasteiger partial charge in [0.2, 0.25) is 5.91 Å². The molecular formula is C17H24N2O3. The number of carbonyl (C=O) groups is 2. The lowest BCUT2D eigenvalue weighted by molar-refractivity contribution is -0.138. The summed E-state index contributed by atoms with van der Waals surface area (Å²) in [5.41, 5.74) is 2.46. The van der Waals surface area contributed by atoms with Gasteiger partial charge >= 0.3 is 5.97 Å². The summed E-state index contributed by atoms with van der Waals surface area (Å²) in [5.74, 6) is -1.23. The van der Waals surface area contributed by atoms with Crippen molar-refractivity contribution in [3.8, 4) is 0 Å². The van der Waals surface area contributed by atoms with Crippen LogP contribution in [0.3, 0.4) is 0 Å². The van der Waals surface area contributed by atoms with Crippen LogP contribution in [0.2, 0.25) is 0 Å². The van der Waals surface area contributed by atoms with Crippen LogP contribution in [0.4, 0.5) is 0 Å². The van der Waals surface area contributed by atoms with Crippen LogP contribution < -0.4 is 5.32 Å². The van der Waals surface area contributed by atoms with Crippen molar-refractivity contribution in [1.82, 2.24) is 10.2 Å². The van der Waals surface area contributed by atoms with Crippen molar-refractivity contribution in [3.05, 3.63) is 35.4 Å². The van der Waals surface area contributed by atoms with Crippen molar-refractivity contribution in [3.63, 3.8) is 0 Å². The molecule has 0 saturated carbocycles. The number of aryl methyl sites for hydroxylation is 1. The molecule has 2 N–H and O–H groups in total. The molecule has 0 aromatic heterocycles. The molecule has 0 spiro atoms. The summed E-state index contributed by atoms with van der Waals surface area (Å²) in [4.78, 5) is 24.7. The maximum atomic E-state index is 12.0. The first-order chi connectivity index (χ1) is 10.6. The maximum Gasteiger partial charge on any atom is 0.322 e. The zero-order valence-corrected chi connectivity index (χ0v) is 13.0. The highest BCUT2D eigenvalue weighted by molar-refractivity contribution is 5.82. The number of likely N-dealkylation sites (tertiary alicyclic amines) is 1. The summed E-state index contributed by atoms with van der Waals surface area (Å²) in [6, 6.07) is 8.66. The van der Waals surface area contributed by atoms with Crippen LogP contribution in [0, 0.1) is 6.92 Å². The van der Waals surface area contributed by atoms with Gasteiger partial charge in [0.15, 0.2) is 0 Å². The molecule has 1 heterocycles. The van der Waals surface area contributed by atoms with Gasteiger partial charge in [-0.2, -0.15) is 0 Å². The average molecular weight is 304 g/mol. The summed E-state index contributed by atoms with van der Waals surface area (Å²) in [6.07, 6.45) is 4.45. The largest absolute Gasteiger partial charge is 0.480 e. The molecule has 1 unspecified atom stereocenters. The highest BCUT2D eigenvalue weighted by Crippen LogP contribution is 2.30. The third kappa shape index (κ3) is 4.84. The van der Waals surface area contributed by atoms with Crippen LogP contribution in [0.15, 0.2) is 24.3 Å². The highest BCUT2D eigenvalue weighted by Gasteiger charge is 2.24. The Kier molecular flexibility index (Phi) is 5.95. The number of carboxylic acids is 1. The number of carbonyl (C=O) groups excluding carboxylic acids is 1. The quantitative estimate of drug-likeness (QED) is 0.874. The van der Waals surface area contributed by atoms with E-state index in [1.54, 1.807) is 0 Å². The standard InChI is InChI=1S/C17H24N2O3/c1-13-6-5-7-14(10-13)15-8-3-2-4-9-19(15)12-16(20)18-11-17(21)22/h5-7,10,15H,2-4,8-9,11-12H2,1H3,(H,18,20)(H,21,22). The molecule has 2 rings (SSSR count). The van der Waals surface area contributed by atoms with Gasteiger partial charge in [-0.25, -0.2) is 0 Å². The fourth-order valence-electron chi connectivity index (χ4n) is 3.03. The van der Waals surface area contributed by atoms with E-state index >= 15 is 0 Å². The summed E-state index contributed by atoms with van der Waals surface area (Å²) in [7, 11) is 0. The van der Waals surface area contributed by atoms with Crippen molar-refractivity contribution in [2.45, 2.75) is 38.6 Å². The van der Waals surface area contributed by atoms with Gasteiger partial charge in [-0.1, -0.05) is 42.7 Å². The van der Waals surface area contributed by atoms with Crippen molar-refractivity contribution >= 4 is 11.9 Å². The number of nitrogens with one attached hydrogen (secondary N) is 1. The van der Waals surface area contributed by atoms with E-state index in [-0.39, 0.29) is 25.0 Å². The number of amides is 1. The van der Waals surface area contributed by atoms with Gasteiger partial charge in [-0.15, -0.1) is 0 Å². The molecule has 5 nitrogen and oxygen atoms in total. The minimum Gasteiger partial charge on any atom is -0.480 e. The van der Waals surface area contributed by atoms with Crippen LogP contribution >= 0.6 is 0 Å². The Balaban J connectivity index is 2.07. The molecular weight excluding hydrogens is 280 g/mol. The molecule has 1 saturated heterocycles. The molecule has 22 heavy (non-hydrogen) atoms. The second-order valence-corrected chi connectivity index (χ2v) is 5.92. The second-order valence-electron chi connectivity index (χ2n) is 5.92. The predicted octanol–water partition coefficient (Wildman–Crippen LogP) is 2.11. The first-order valence-electron chi connectivity index (χ1n) is 7.85. The van der Waals surface area contributed by atoms with Gasteiger partial charge < -0.3 is 10.4 Å². The lowest BCUT2D eigenvalue weighted by atomic mass is 9.99. The van der Waals surface area contributed by atoms with Gasteiger partial charge in [0, 0.05) is 6.04 Å². The number of rotatable bonds is 5. The van der Waals surface area contributed by atoms with Crippen molar-refractivity contribution in [2.24, 2.45) is 0 Å². The Hall–Kier alpha value is -1.88. The predicted molar refractivity (Wildman–Crippen MR) is 84.6 cm³/mol. The summed E-state index contributed by atoms with van der Waals surface area (Å²) in [6.45, 7) is 2.89. The summed E-state index contributed by atoms with van der Waals surface area (Å²) in [5, 5.41) is 11.1. The van der Waals surface area contributed by atoms with Gasteiger partial charge in [0.1, 0.15) is 6.54 Å². The fraction of sp³-hybridized carbons (Fsp3) is 0.529. The number of hydrogen-bond acceptors (Lipinski definition) is 3. The van der Waals surface area contributed by atoms with E-state index in [1.807, 2.05) is 0 Å². The SMILES string of the molecule is Cc1cccc(C2CCCCCN2CC(=O)NCC(=O)O)c1. The fourth-order valence-corrected chi connectivity index (χ4v) is 3.03. The molecule has 0 radical (unpaired) electrons. The van der Waals surface area contributed by atoms with Gasteiger partial charge in [-0.3, -0.25) is 14.5 Å². The van der Waals surface area contributed by atoms with Crippen LogP contribution in [-0.4, -0.2) is 41.5 Å². The molecule has 120 valence electrons. The molecule has 1 aliphatic rings. The zero-order valence-electron chi connectivity index (χ0n) is 13.0. The van der Waals surface area contributed by atoms with E-state index in [9.17, 15) is 9.59 Å². The van der Waals surface area contributed by atoms with E-state index < -0.39 is 5.97 Å². The van der Waals surface area contributed by atoms with Crippen molar-refractivity contribution in [2.75, 3.05) is 19.6 Å². The first-order valence-corrected chi connectivity index (χ1v) is 7.85. The van der Waals surface area contributed by atoms with Crippen molar-refractivity contribution in [1.29, 1.82) is 0 Å². The van der Waals surface area contributed by atoms with E-state index in [1.165, 1.54) is 17.5 Å². The first kappa shape index (κ1) is 16.5. The molecule has 1 aromatic rings. The molecule has 1 fully saturated rings. The molecule has 0 bridgehead atoms. The molecule has 0 aliphatic carbocycles. The third-order valence-corrected chi connectivity index (χ3v) is 4.07. The van der Waals surface area contributed by atoms with Crippen LogP contribution in [-0.2, 0) is 9.59 Å². The van der Waals surface area contributed by atoms with E-state index in [0.717, 1.165) is 25.8 Å². The van der Waals surface area contributed by atoms with Gasteiger partial charge in [0.05, 0.1) is 6.54 Å². The smallest absolute Gasteiger partial charge is 0.322 e. The van der Waals surface area contributed by atoms with E-state index in [2.05, 4.69) is 41.4 Å². The molecule has 1 aliphatic heterocycles. The average Bonchev–Trinajstić information content (AvgIpc) is 2.70. The maximum absolute atomic E-state index is 12.0. The minimum absolute atomic E-state index is 0.220. The Morgan fingerprint density at radius 3 is 2.86 bits per heavy atom. The minimum atomic E-state index is -1.01. The number of nitrogens with zero attached hydrogens (tertiary/aromatic N) is 1. The van der Waals surface area contributed by atoms with Gasteiger partial charge in [-0.05, 0) is 31.9 Å². The zero-order chi connectivity index (χ0) is 15.9. The Morgan fingerprint density at radius 2 is 2.14 bits per heavy atom. The molecule has 1 amide bonds. The van der Waals surface area contributed by atoms with Crippen LogP contribution in [0.1, 0.15) is 42.9 Å². The number of benzene rings is 1. The monoisotopic (exact) mass is 304 g/mol. The second kappa shape index (κ2) is 7.94. The van der Waals surface area contributed by atoms with Crippen LogP contribution in [0.5, 0.6) is 0 Å². The summed E-state index contributed by atoms with van der Waals surface area (Å²) < 4.78 is 0. The molecule has 1 aromatic carbocycles. The number of hydrogen-bond donors (Lipinski definition) is 2. The summed E-state index contributed by atoms with van der Waals surface area (Å²) >= 11 is 0. The van der Waals surface area contributed by atoms with Crippen LogP contribution in [0.25, 0.3) is 0 Å². The normalized spacial score (nSPS) is 19.4. The topological polar surface area (TPSA) is 69.6 Å². The highest BCUT2D eigenvalue weighted by atomic mass is 16.4. The molecule has 1 atom stereocenters. The number of aliphatic carboxylic acids is 1. The number of carboxylic acid groups (broad SMARTS) is 1. The van der Waals surface area contributed by atoms with Crippen molar-refractivity contribution < 1.29 is 14.7 Å². The van der Waals surface area contributed by atoms with E-state index in [0.29, 0.717) is 0 Å².